The standard InChI is InChI=1S/C19H20N2O7S/c1-4-27-15(23)7-10-9-29-19(20-10)21-14(22)8-13-11-5-6-12(25-2)17(26-3)16(11)18(24)28-13/h5-6,9,13H,4,7-8H2,1-3H3,(H,20,21,22)/t13-/m1/s1. The Morgan fingerprint density at radius 1 is 1.28 bits per heavy atom. The third-order valence-electron chi connectivity index (χ3n) is 4.18. The van der Waals surface area contributed by atoms with E-state index in [1.54, 1.807) is 24.4 Å². The van der Waals surface area contributed by atoms with E-state index < -0.39 is 12.1 Å². The fourth-order valence-corrected chi connectivity index (χ4v) is 3.69. The molecule has 0 unspecified atom stereocenters. The number of methoxy groups -OCH3 is 2. The Morgan fingerprint density at radius 2 is 2.07 bits per heavy atom. The van der Waals surface area contributed by atoms with Gasteiger partial charge < -0.3 is 24.3 Å². The first-order valence-corrected chi connectivity index (χ1v) is 9.70. The molecule has 0 fully saturated rings. The van der Waals surface area contributed by atoms with Crippen LogP contribution in [0.3, 0.4) is 0 Å². The van der Waals surface area contributed by atoms with E-state index in [0.29, 0.717) is 28.7 Å². The van der Waals surface area contributed by atoms with E-state index in [4.69, 9.17) is 18.9 Å². The second-order valence-corrected chi connectivity index (χ2v) is 6.90. The molecule has 2 aromatic rings. The average Bonchev–Trinajstić information content (AvgIpc) is 3.25. The van der Waals surface area contributed by atoms with Crippen molar-refractivity contribution in [2.75, 3.05) is 26.1 Å². The number of ether oxygens (including phenoxy) is 4. The third-order valence-corrected chi connectivity index (χ3v) is 4.98. The van der Waals surface area contributed by atoms with Gasteiger partial charge in [0.25, 0.3) is 0 Å². The molecule has 154 valence electrons. The van der Waals surface area contributed by atoms with E-state index >= 15 is 0 Å². The lowest BCUT2D eigenvalue weighted by atomic mass is 10.0. The number of esters is 2. The molecular formula is C19H20N2O7S. The number of hydrogen-bond acceptors (Lipinski definition) is 9. The highest BCUT2D eigenvalue weighted by Crippen LogP contribution is 2.43. The van der Waals surface area contributed by atoms with Gasteiger partial charge in [-0.3, -0.25) is 9.59 Å². The summed E-state index contributed by atoms with van der Waals surface area (Å²) in [5, 5.41) is 4.69. The zero-order valence-corrected chi connectivity index (χ0v) is 17.0. The average molecular weight is 420 g/mol. The van der Waals surface area contributed by atoms with E-state index in [1.807, 2.05) is 0 Å². The fourth-order valence-electron chi connectivity index (χ4n) is 2.97. The number of rotatable bonds is 8. The maximum absolute atomic E-state index is 12.4. The Kier molecular flexibility index (Phi) is 6.32. The Bertz CT molecular complexity index is 941. The fraction of sp³-hybridized carbons (Fsp3) is 0.368. The minimum atomic E-state index is -0.740. The summed E-state index contributed by atoms with van der Waals surface area (Å²) < 4.78 is 20.7. The van der Waals surface area contributed by atoms with Gasteiger partial charge in [-0.2, -0.15) is 0 Å². The summed E-state index contributed by atoms with van der Waals surface area (Å²) in [6.07, 6.45) is -0.785. The van der Waals surface area contributed by atoms with E-state index in [9.17, 15) is 14.4 Å². The molecular weight excluding hydrogens is 400 g/mol. The van der Waals surface area contributed by atoms with Crippen LogP contribution in [0.25, 0.3) is 0 Å². The molecule has 10 heteroatoms. The summed E-state index contributed by atoms with van der Waals surface area (Å²) in [6, 6.07) is 3.34. The zero-order chi connectivity index (χ0) is 21.0. The van der Waals surface area contributed by atoms with Gasteiger partial charge in [0.2, 0.25) is 5.91 Å². The van der Waals surface area contributed by atoms with Gasteiger partial charge in [0.15, 0.2) is 16.6 Å². The minimum absolute atomic E-state index is 0.0372. The van der Waals surface area contributed by atoms with Crippen molar-refractivity contribution >= 4 is 34.3 Å². The molecule has 1 aliphatic rings. The molecule has 0 radical (unpaired) electrons. The lowest BCUT2D eigenvalue weighted by Crippen LogP contribution is -2.16. The smallest absolute Gasteiger partial charge is 0.343 e. The first-order valence-electron chi connectivity index (χ1n) is 8.82. The van der Waals surface area contributed by atoms with Crippen molar-refractivity contribution < 1.29 is 33.3 Å². The van der Waals surface area contributed by atoms with E-state index in [-0.39, 0.29) is 36.0 Å². The summed E-state index contributed by atoms with van der Waals surface area (Å²) in [6.45, 7) is 2.02. The number of benzene rings is 1. The molecule has 9 nitrogen and oxygen atoms in total. The number of anilines is 1. The zero-order valence-electron chi connectivity index (χ0n) is 16.1. The summed E-state index contributed by atoms with van der Waals surface area (Å²) in [5.41, 5.74) is 1.33. The van der Waals surface area contributed by atoms with Crippen LogP contribution in [0.15, 0.2) is 17.5 Å². The number of hydrogen-bond donors (Lipinski definition) is 1. The van der Waals surface area contributed by atoms with Crippen molar-refractivity contribution in [1.29, 1.82) is 0 Å². The Morgan fingerprint density at radius 3 is 2.76 bits per heavy atom. The monoisotopic (exact) mass is 420 g/mol. The molecule has 0 saturated carbocycles. The third kappa shape index (κ3) is 4.48. The van der Waals surface area contributed by atoms with Crippen LogP contribution in [0.4, 0.5) is 5.13 Å². The number of amides is 1. The van der Waals surface area contributed by atoms with Gasteiger partial charge in [-0.25, -0.2) is 9.78 Å². The predicted octanol–water partition coefficient (Wildman–Crippen LogP) is 2.51. The Balaban J connectivity index is 1.67. The van der Waals surface area contributed by atoms with Crippen LogP contribution in [0.1, 0.15) is 41.1 Å². The molecule has 1 amide bonds. The number of carbonyl (C=O) groups is 3. The highest BCUT2D eigenvalue weighted by atomic mass is 32.1. The molecule has 1 aliphatic heterocycles. The molecule has 1 aromatic carbocycles. The minimum Gasteiger partial charge on any atom is -0.493 e. The lowest BCUT2D eigenvalue weighted by Gasteiger charge is -2.12. The number of thiazole rings is 1. The molecule has 1 N–H and O–H groups in total. The summed E-state index contributed by atoms with van der Waals surface area (Å²) in [5.74, 6) is -0.636. The van der Waals surface area contributed by atoms with Crippen LogP contribution in [0.2, 0.25) is 0 Å². The highest BCUT2D eigenvalue weighted by Gasteiger charge is 2.37. The number of fused-ring (bicyclic) bond motifs is 1. The molecule has 1 aromatic heterocycles. The maximum atomic E-state index is 12.4. The highest BCUT2D eigenvalue weighted by molar-refractivity contribution is 7.13. The Hall–Kier alpha value is -3.14. The lowest BCUT2D eigenvalue weighted by molar-refractivity contribution is -0.142. The summed E-state index contributed by atoms with van der Waals surface area (Å²) in [4.78, 5) is 40.4. The number of aromatic nitrogens is 1. The topological polar surface area (TPSA) is 113 Å². The van der Waals surface area contributed by atoms with Crippen molar-refractivity contribution in [2.45, 2.75) is 25.9 Å². The van der Waals surface area contributed by atoms with Gasteiger partial charge in [0.1, 0.15) is 11.7 Å². The second kappa shape index (κ2) is 8.91. The molecule has 3 rings (SSSR count). The molecule has 1 atom stereocenters. The van der Waals surface area contributed by atoms with Crippen LogP contribution < -0.4 is 14.8 Å². The Labute approximate surface area is 170 Å². The summed E-state index contributed by atoms with van der Waals surface area (Å²) in [7, 11) is 2.90. The van der Waals surface area contributed by atoms with Crippen molar-refractivity contribution in [2.24, 2.45) is 0 Å². The molecule has 0 bridgehead atoms. The summed E-state index contributed by atoms with van der Waals surface area (Å²) >= 11 is 1.20. The van der Waals surface area contributed by atoms with Crippen molar-refractivity contribution in [3.63, 3.8) is 0 Å². The quantitative estimate of drug-likeness (QED) is 0.648. The van der Waals surface area contributed by atoms with Gasteiger partial charge in [0.05, 0.1) is 39.4 Å². The van der Waals surface area contributed by atoms with Crippen LogP contribution in [0, 0.1) is 0 Å². The maximum Gasteiger partial charge on any atom is 0.343 e. The first-order chi connectivity index (χ1) is 14.0. The van der Waals surface area contributed by atoms with Gasteiger partial charge in [-0.15, -0.1) is 11.3 Å². The number of carbonyl (C=O) groups excluding carboxylic acids is 3. The van der Waals surface area contributed by atoms with E-state index in [2.05, 4.69) is 10.3 Å². The van der Waals surface area contributed by atoms with Crippen LogP contribution in [-0.4, -0.2) is 43.7 Å². The second-order valence-electron chi connectivity index (χ2n) is 6.04. The van der Waals surface area contributed by atoms with Crippen LogP contribution in [-0.2, 0) is 25.5 Å². The molecule has 0 aliphatic carbocycles. The molecule has 0 spiro atoms. The van der Waals surface area contributed by atoms with E-state index in [0.717, 1.165) is 0 Å². The number of cyclic esters (lactones) is 1. The predicted molar refractivity (Wildman–Crippen MR) is 103 cm³/mol. The van der Waals surface area contributed by atoms with Crippen LogP contribution in [0.5, 0.6) is 11.5 Å². The molecule has 29 heavy (non-hydrogen) atoms. The number of nitrogens with zero attached hydrogens (tertiary/aromatic N) is 1. The first kappa shape index (κ1) is 20.6. The van der Waals surface area contributed by atoms with Crippen molar-refractivity contribution in [1.82, 2.24) is 4.98 Å². The van der Waals surface area contributed by atoms with Crippen molar-refractivity contribution in [3.05, 3.63) is 34.3 Å². The van der Waals surface area contributed by atoms with Gasteiger partial charge in [0, 0.05) is 10.9 Å². The van der Waals surface area contributed by atoms with Gasteiger partial charge in [-0.05, 0) is 13.0 Å². The van der Waals surface area contributed by atoms with Crippen LogP contribution >= 0.6 is 11.3 Å². The largest absolute Gasteiger partial charge is 0.493 e. The van der Waals surface area contributed by atoms with Crippen molar-refractivity contribution in [3.8, 4) is 11.5 Å². The van der Waals surface area contributed by atoms with Gasteiger partial charge >= 0.3 is 11.9 Å². The van der Waals surface area contributed by atoms with E-state index in [1.165, 1.54) is 25.6 Å². The SMILES string of the molecule is CCOC(=O)Cc1csc(NC(=O)C[C@H]2OC(=O)c3c2ccc(OC)c3OC)n1. The normalized spacial score (nSPS) is 14.7. The molecule has 2 heterocycles. The number of nitrogens with one attached hydrogen (secondary N) is 1. The molecule has 0 saturated heterocycles. The van der Waals surface area contributed by atoms with Gasteiger partial charge in [-0.1, -0.05) is 6.07 Å².